The molecule has 2 aromatic rings. The van der Waals surface area contributed by atoms with Crippen LogP contribution >= 0.6 is 0 Å². The van der Waals surface area contributed by atoms with Crippen LogP contribution < -0.4 is 9.47 Å². The maximum absolute atomic E-state index is 12.3. The van der Waals surface area contributed by atoms with E-state index in [0.29, 0.717) is 24.7 Å². The smallest absolute Gasteiger partial charge is 0.373 e. The quantitative estimate of drug-likeness (QED) is 0.140. The van der Waals surface area contributed by atoms with Crippen molar-refractivity contribution >= 4 is 11.9 Å². The van der Waals surface area contributed by atoms with Gasteiger partial charge in [0.2, 0.25) is 0 Å². The van der Waals surface area contributed by atoms with Crippen molar-refractivity contribution in [3.63, 3.8) is 0 Å². The molecule has 0 heterocycles. The molecule has 0 N–H and O–H groups in total. The average molecular weight is 507 g/mol. The predicted molar refractivity (Wildman–Crippen MR) is 129 cm³/mol. The van der Waals surface area contributed by atoms with Gasteiger partial charge in [0.15, 0.2) is 0 Å². The number of ether oxygens (including phenoxy) is 4. The van der Waals surface area contributed by atoms with Gasteiger partial charge in [-0.05, 0) is 83.1 Å². The molecule has 2 rings (SSSR count). The molecule has 0 bridgehead atoms. The lowest BCUT2D eigenvalue weighted by Gasteiger charge is -2.16. The molecule has 0 aliphatic heterocycles. The van der Waals surface area contributed by atoms with Crippen molar-refractivity contribution in [3.05, 3.63) is 59.7 Å². The Morgan fingerprint density at radius 2 is 1.08 bits per heavy atom. The highest BCUT2D eigenvalue weighted by Gasteiger charge is 2.20. The molecule has 0 saturated heterocycles. The fraction of sp³-hybridized carbons (Fsp3) is 0.462. The molecular weight excluding hydrogens is 472 g/mol. The van der Waals surface area contributed by atoms with E-state index in [1.54, 1.807) is 24.3 Å². The Bertz CT molecular complexity index is 840. The van der Waals surface area contributed by atoms with Crippen molar-refractivity contribution in [2.45, 2.75) is 53.1 Å². The van der Waals surface area contributed by atoms with Crippen LogP contribution in [0.3, 0.4) is 0 Å². The van der Waals surface area contributed by atoms with Crippen molar-refractivity contribution in [1.82, 2.24) is 0 Å². The molecule has 198 valence electrons. The number of hydrogen-bond acceptors (Lipinski definition) is 10. The molecule has 10 nitrogen and oxygen atoms in total. The molecule has 0 spiro atoms. The van der Waals surface area contributed by atoms with Gasteiger partial charge in [-0.15, -0.1) is 9.78 Å². The summed E-state index contributed by atoms with van der Waals surface area (Å²) < 4.78 is 21.7. The van der Waals surface area contributed by atoms with Crippen LogP contribution in [0.1, 0.15) is 55.3 Å². The molecule has 0 saturated carbocycles. The maximum Gasteiger partial charge on any atom is 0.373 e. The van der Waals surface area contributed by atoms with Crippen LogP contribution in [0.25, 0.3) is 0 Å². The first-order valence-corrected chi connectivity index (χ1v) is 11.7. The fourth-order valence-corrected chi connectivity index (χ4v) is 2.69. The van der Waals surface area contributed by atoms with Crippen LogP contribution in [-0.2, 0) is 29.0 Å². The third-order valence-electron chi connectivity index (χ3n) is 4.22. The van der Waals surface area contributed by atoms with E-state index in [0.717, 1.165) is 0 Å². The summed E-state index contributed by atoms with van der Waals surface area (Å²) in [4.78, 5) is 44.5. The lowest BCUT2D eigenvalue weighted by atomic mass is 10.2. The van der Waals surface area contributed by atoms with Crippen molar-refractivity contribution in [2.24, 2.45) is 0 Å². The largest absolute Gasteiger partial charge is 0.491 e. The second-order valence-electron chi connectivity index (χ2n) is 8.02. The monoisotopic (exact) mass is 506 g/mol. The van der Waals surface area contributed by atoms with E-state index < -0.39 is 18.2 Å². The van der Waals surface area contributed by atoms with Gasteiger partial charge in [0.1, 0.15) is 18.1 Å². The fourth-order valence-electron chi connectivity index (χ4n) is 2.69. The van der Waals surface area contributed by atoms with E-state index >= 15 is 0 Å². The average Bonchev–Trinajstić information content (AvgIpc) is 2.85. The second kappa shape index (κ2) is 15.7. The van der Waals surface area contributed by atoms with Crippen LogP contribution in [0.5, 0.6) is 11.5 Å². The van der Waals surface area contributed by atoms with E-state index in [1.807, 2.05) is 34.6 Å². The molecule has 0 atom stereocenters. The Labute approximate surface area is 211 Å². The first-order valence-electron chi connectivity index (χ1n) is 11.7. The zero-order valence-corrected chi connectivity index (χ0v) is 21.3. The van der Waals surface area contributed by atoms with Crippen molar-refractivity contribution in [3.8, 4) is 11.5 Å². The zero-order chi connectivity index (χ0) is 26.3. The van der Waals surface area contributed by atoms with Gasteiger partial charge in [0.05, 0.1) is 36.5 Å². The van der Waals surface area contributed by atoms with Crippen LogP contribution in [0.4, 0.5) is 0 Å². The molecule has 0 aliphatic rings. The Balaban J connectivity index is 1.91. The molecule has 0 aromatic heterocycles. The summed E-state index contributed by atoms with van der Waals surface area (Å²) in [6.45, 7) is 10.4. The molecule has 2 aromatic carbocycles. The van der Waals surface area contributed by atoms with Crippen LogP contribution in [0, 0.1) is 0 Å². The third-order valence-corrected chi connectivity index (χ3v) is 4.22. The van der Waals surface area contributed by atoms with Crippen LogP contribution in [0.2, 0.25) is 0 Å². The first kappa shape index (κ1) is 29.1. The van der Waals surface area contributed by atoms with Gasteiger partial charge < -0.3 is 18.9 Å². The summed E-state index contributed by atoms with van der Waals surface area (Å²) in [5.74, 6) is -0.327. The van der Waals surface area contributed by atoms with E-state index in [-0.39, 0.29) is 36.5 Å². The highest BCUT2D eigenvalue weighted by Crippen LogP contribution is 2.16. The van der Waals surface area contributed by atoms with E-state index in [4.69, 9.17) is 38.5 Å². The SMILES string of the molecule is CCOCCOCC(OOC(=O)c1ccc(OC(C)C)cc1)OOC(=O)c1ccc(OC(C)C)cc1. The van der Waals surface area contributed by atoms with Gasteiger partial charge in [-0.2, -0.15) is 0 Å². The minimum absolute atomic E-state index is 0.000730. The maximum atomic E-state index is 12.3. The van der Waals surface area contributed by atoms with Gasteiger partial charge in [0.25, 0.3) is 6.29 Å². The van der Waals surface area contributed by atoms with Gasteiger partial charge in [-0.25, -0.2) is 9.59 Å². The first-order chi connectivity index (χ1) is 17.3. The Hall–Kier alpha value is -3.18. The van der Waals surface area contributed by atoms with Crippen molar-refractivity contribution in [1.29, 1.82) is 0 Å². The normalized spacial score (nSPS) is 11.1. The Morgan fingerprint density at radius 3 is 1.47 bits per heavy atom. The van der Waals surface area contributed by atoms with Gasteiger partial charge in [0, 0.05) is 6.61 Å². The topological polar surface area (TPSA) is 108 Å². The lowest BCUT2D eigenvalue weighted by Crippen LogP contribution is -2.27. The zero-order valence-electron chi connectivity index (χ0n) is 21.3. The van der Waals surface area contributed by atoms with E-state index in [9.17, 15) is 9.59 Å². The third kappa shape index (κ3) is 11.0. The summed E-state index contributed by atoms with van der Waals surface area (Å²) in [6.07, 6.45) is -1.34. The van der Waals surface area contributed by atoms with Crippen LogP contribution in [-0.4, -0.2) is 56.9 Å². The molecule has 0 radical (unpaired) electrons. The molecule has 0 unspecified atom stereocenters. The summed E-state index contributed by atoms with van der Waals surface area (Å²) in [5, 5.41) is 0. The standard InChI is InChI=1S/C26H34O10/c1-6-29-15-16-30-17-24(33-35-25(27)20-7-11-22(12-8-20)31-18(2)3)34-36-26(28)21-9-13-23(14-10-21)32-19(4)5/h7-14,18-19,24H,6,15-17H2,1-5H3. The number of rotatable bonds is 16. The minimum Gasteiger partial charge on any atom is -0.491 e. The Kier molecular flexibility index (Phi) is 12.7. The summed E-state index contributed by atoms with van der Waals surface area (Å²) in [6, 6.07) is 12.7. The number of benzene rings is 2. The Morgan fingerprint density at radius 1 is 0.667 bits per heavy atom. The lowest BCUT2D eigenvalue weighted by molar-refractivity contribution is -0.427. The summed E-state index contributed by atoms with van der Waals surface area (Å²) >= 11 is 0. The summed E-state index contributed by atoms with van der Waals surface area (Å²) in [5.41, 5.74) is 0.450. The second-order valence-corrected chi connectivity index (χ2v) is 8.02. The molecular formula is C26H34O10. The summed E-state index contributed by atoms with van der Waals surface area (Å²) in [7, 11) is 0. The van der Waals surface area contributed by atoms with Gasteiger partial charge in [-0.1, -0.05) is 0 Å². The van der Waals surface area contributed by atoms with Crippen molar-refractivity contribution in [2.75, 3.05) is 26.4 Å². The molecule has 0 fully saturated rings. The number of carbonyl (C=O) groups excluding carboxylic acids is 2. The van der Waals surface area contributed by atoms with Crippen molar-refractivity contribution < 1.29 is 48.1 Å². The molecule has 10 heteroatoms. The van der Waals surface area contributed by atoms with E-state index in [2.05, 4.69) is 0 Å². The number of carbonyl (C=O) groups is 2. The van der Waals surface area contributed by atoms with Gasteiger partial charge >= 0.3 is 11.9 Å². The highest BCUT2D eigenvalue weighted by atomic mass is 17.3. The molecule has 0 aliphatic carbocycles. The molecule has 0 amide bonds. The number of hydrogen-bond donors (Lipinski definition) is 0. The van der Waals surface area contributed by atoms with Gasteiger partial charge in [-0.3, -0.25) is 9.78 Å². The molecule has 36 heavy (non-hydrogen) atoms. The highest BCUT2D eigenvalue weighted by molar-refractivity contribution is 5.89. The predicted octanol–water partition coefficient (Wildman–Crippen LogP) is 4.52. The minimum atomic E-state index is -1.34. The van der Waals surface area contributed by atoms with Crippen LogP contribution in [0.15, 0.2) is 48.5 Å². The van der Waals surface area contributed by atoms with E-state index in [1.165, 1.54) is 24.3 Å².